The number of aromatic nitrogens is 4. The summed E-state index contributed by atoms with van der Waals surface area (Å²) < 4.78 is 75.5. The molecule has 3 aliphatic heterocycles. The minimum absolute atomic E-state index is 0.0378. The van der Waals surface area contributed by atoms with Crippen LogP contribution in [0, 0.1) is 0 Å². The highest BCUT2D eigenvalue weighted by Gasteiger charge is 2.40. The lowest BCUT2D eigenvalue weighted by Gasteiger charge is -2.39. The van der Waals surface area contributed by atoms with Gasteiger partial charge in [0.1, 0.15) is 4.90 Å². The van der Waals surface area contributed by atoms with Crippen LogP contribution in [0.25, 0.3) is 16.3 Å². The Hall–Kier alpha value is -3.02. The number of ether oxygens (including phenoxy) is 1. The van der Waals surface area contributed by atoms with E-state index in [9.17, 15) is 26.4 Å². The zero-order valence-electron chi connectivity index (χ0n) is 19.3. The molecule has 1 atom stereocenters. The molecule has 198 valence electrons. The number of carbonyl (C=O) groups is 1. The van der Waals surface area contributed by atoms with Gasteiger partial charge in [0, 0.05) is 32.4 Å². The number of amides is 2. The minimum Gasteiger partial charge on any atom is -0.377 e. The first-order valence-corrected chi connectivity index (χ1v) is 13.6. The second-order valence-corrected chi connectivity index (χ2v) is 12.1. The van der Waals surface area contributed by atoms with Gasteiger partial charge in [0.25, 0.3) is 0 Å². The molecule has 1 unspecified atom stereocenters. The van der Waals surface area contributed by atoms with Gasteiger partial charge in [-0.25, -0.2) is 22.9 Å². The van der Waals surface area contributed by atoms with E-state index in [1.807, 2.05) is 4.90 Å². The van der Waals surface area contributed by atoms with Crippen LogP contribution < -0.4 is 14.9 Å². The van der Waals surface area contributed by atoms with Crippen molar-refractivity contribution in [3.63, 3.8) is 0 Å². The van der Waals surface area contributed by atoms with Crippen LogP contribution in [0.15, 0.2) is 23.4 Å². The van der Waals surface area contributed by atoms with Crippen molar-refractivity contribution in [1.82, 2.24) is 34.5 Å². The molecule has 3 fully saturated rings. The van der Waals surface area contributed by atoms with Gasteiger partial charge >= 0.3 is 12.2 Å². The summed E-state index contributed by atoms with van der Waals surface area (Å²) in [6.07, 6.45) is -1.88. The number of pyridine rings is 1. The Morgan fingerprint density at radius 1 is 1.27 bits per heavy atom. The number of carbonyl (C=O) groups excluding carboxylic acids is 1. The average Bonchev–Trinajstić information content (AvgIpc) is 3.55. The molecular formula is C20H21F3N8O4S2. The highest BCUT2D eigenvalue weighted by atomic mass is 32.2. The van der Waals surface area contributed by atoms with Crippen molar-refractivity contribution >= 4 is 38.6 Å². The Balaban J connectivity index is 1.46. The van der Waals surface area contributed by atoms with Gasteiger partial charge in [-0.15, -0.1) is 10.2 Å². The van der Waals surface area contributed by atoms with Crippen LogP contribution in [0.5, 0.6) is 0 Å². The second-order valence-electron chi connectivity index (χ2n) is 9.45. The Bertz CT molecular complexity index is 1500. The predicted octanol–water partition coefficient (Wildman–Crippen LogP) is 1.15. The summed E-state index contributed by atoms with van der Waals surface area (Å²) in [4.78, 5) is 19.9. The first-order valence-electron chi connectivity index (χ1n) is 11.3. The fourth-order valence-electron chi connectivity index (χ4n) is 4.71. The van der Waals surface area contributed by atoms with Gasteiger partial charge in [-0.05, 0) is 13.0 Å². The van der Waals surface area contributed by atoms with E-state index in [1.165, 1.54) is 22.9 Å². The fraction of sp³-hybridized carbons (Fsp3) is 0.500. The molecule has 3 aromatic rings. The minimum atomic E-state index is -4.67. The summed E-state index contributed by atoms with van der Waals surface area (Å²) in [5, 5.41) is 8.47. The molecule has 3 saturated heterocycles. The van der Waals surface area contributed by atoms with E-state index in [0.29, 0.717) is 48.7 Å². The molecule has 0 saturated carbocycles. The molecule has 17 heteroatoms. The Morgan fingerprint density at radius 3 is 2.73 bits per heavy atom. The SMILES string of the molecule is CC1(NS(=O)(=O)c2cc(N3CCN4C(=O)NCC4C3)c3cnc(-c4nnc(C(F)(F)F)s4)n3c2)COC1. The number of nitrogens with one attached hydrogen (secondary N) is 2. The lowest BCUT2D eigenvalue weighted by atomic mass is 10.0. The predicted molar refractivity (Wildman–Crippen MR) is 125 cm³/mol. The molecule has 3 aliphatic rings. The molecule has 0 radical (unpaired) electrons. The van der Waals surface area contributed by atoms with Crippen LogP contribution >= 0.6 is 11.3 Å². The monoisotopic (exact) mass is 558 g/mol. The van der Waals surface area contributed by atoms with Crippen molar-refractivity contribution in [2.45, 2.75) is 29.6 Å². The number of imidazole rings is 1. The molecule has 0 spiro atoms. The van der Waals surface area contributed by atoms with Crippen LogP contribution in [-0.4, -0.2) is 89.9 Å². The zero-order valence-corrected chi connectivity index (χ0v) is 21.0. The topological polar surface area (TPSA) is 134 Å². The quantitative estimate of drug-likeness (QED) is 0.477. The standard InChI is InChI=1S/C20H21F3N8O4S2/c1-19(9-35-10-19)28-37(33,34)12-4-13(29-2-3-30-11(7-29)5-25-18(30)32)14-6-24-15(31(14)8-12)16-26-27-17(36-16)20(21,22)23/h4,6,8,11,28H,2-3,5,7,9-10H2,1H3,(H,25,32). The lowest BCUT2D eigenvalue weighted by Crippen LogP contribution is -2.59. The molecule has 0 aromatic carbocycles. The molecule has 3 aromatic heterocycles. The number of halogens is 3. The van der Waals surface area contributed by atoms with Crippen molar-refractivity contribution in [2.75, 3.05) is 44.3 Å². The average molecular weight is 559 g/mol. The van der Waals surface area contributed by atoms with Crippen molar-refractivity contribution < 1.29 is 31.1 Å². The first-order chi connectivity index (χ1) is 17.4. The largest absolute Gasteiger partial charge is 0.445 e. The number of alkyl halides is 3. The van der Waals surface area contributed by atoms with Crippen molar-refractivity contribution in [3.8, 4) is 10.8 Å². The summed E-state index contributed by atoms with van der Waals surface area (Å²) in [5.41, 5.74) is 0.242. The Morgan fingerprint density at radius 2 is 2.05 bits per heavy atom. The summed E-state index contributed by atoms with van der Waals surface area (Å²) in [7, 11) is -4.05. The third kappa shape index (κ3) is 4.18. The molecule has 2 amide bonds. The molecule has 37 heavy (non-hydrogen) atoms. The molecular weight excluding hydrogens is 537 g/mol. The van der Waals surface area contributed by atoms with Gasteiger partial charge in [-0.3, -0.25) is 4.40 Å². The number of fused-ring (bicyclic) bond motifs is 2. The van der Waals surface area contributed by atoms with Crippen LogP contribution in [-0.2, 0) is 20.9 Å². The smallest absolute Gasteiger partial charge is 0.377 e. The van der Waals surface area contributed by atoms with Crippen LogP contribution in [0.4, 0.5) is 23.7 Å². The van der Waals surface area contributed by atoms with Gasteiger partial charge in [-0.1, -0.05) is 11.3 Å². The number of nitrogens with zero attached hydrogens (tertiary/aromatic N) is 6. The molecule has 0 aliphatic carbocycles. The third-order valence-electron chi connectivity index (χ3n) is 6.56. The second kappa shape index (κ2) is 8.24. The van der Waals surface area contributed by atoms with E-state index in [1.54, 1.807) is 11.8 Å². The number of hydrogen-bond donors (Lipinski definition) is 2. The van der Waals surface area contributed by atoms with E-state index in [0.717, 1.165) is 0 Å². The lowest BCUT2D eigenvalue weighted by molar-refractivity contribution is -0.138. The van der Waals surface area contributed by atoms with Gasteiger partial charge in [0.2, 0.25) is 15.0 Å². The first kappa shape index (κ1) is 24.3. The van der Waals surface area contributed by atoms with Crippen LogP contribution in [0.1, 0.15) is 11.9 Å². The third-order valence-corrected chi connectivity index (χ3v) is 9.13. The maximum absolute atomic E-state index is 13.4. The van der Waals surface area contributed by atoms with Crippen LogP contribution in [0.2, 0.25) is 0 Å². The van der Waals surface area contributed by atoms with Crippen molar-refractivity contribution in [1.29, 1.82) is 0 Å². The van der Waals surface area contributed by atoms with Crippen LogP contribution in [0.3, 0.4) is 0 Å². The summed E-state index contributed by atoms with van der Waals surface area (Å²) in [6, 6.07) is 1.27. The summed E-state index contributed by atoms with van der Waals surface area (Å²) in [5.74, 6) is 0.0378. The number of anilines is 1. The maximum Gasteiger partial charge on any atom is 0.445 e. The van der Waals surface area contributed by atoms with Gasteiger partial charge in [-0.2, -0.15) is 13.2 Å². The molecule has 6 rings (SSSR count). The maximum atomic E-state index is 13.4. The Kier molecular flexibility index (Phi) is 5.42. The van der Waals surface area contributed by atoms with Gasteiger partial charge < -0.3 is 19.9 Å². The van der Waals surface area contributed by atoms with E-state index in [2.05, 4.69) is 25.2 Å². The molecule has 12 nitrogen and oxygen atoms in total. The van der Waals surface area contributed by atoms with Crippen molar-refractivity contribution in [3.05, 3.63) is 23.5 Å². The summed E-state index contributed by atoms with van der Waals surface area (Å²) >= 11 is 0.325. The fourth-order valence-corrected chi connectivity index (χ4v) is 6.81. The molecule has 0 bridgehead atoms. The number of urea groups is 1. The number of rotatable bonds is 5. The van der Waals surface area contributed by atoms with E-state index < -0.39 is 26.7 Å². The number of hydrogen-bond acceptors (Lipinski definition) is 9. The zero-order chi connectivity index (χ0) is 26.2. The van der Waals surface area contributed by atoms with E-state index >= 15 is 0 Å². The van der Waals surface area contributed by atoms with E-state index in [4.69, 9.17) is 4.74 Å². The highest BCUT2D eigenvalue weighted by molar-refractivity contribution is 7.89. The molecule has 6 heterocycles. The highest BCUT2D eigenvalue weighted by Crippen LogP contribution is 2.37. The number of piperazine rings is 1. The summed E-state index contributed by atoms with van der Waals surface area (Å²) in [6.45, 7) is 3.91. The van der Waals surface area contributed by atoms with Gasteiger partial charge in [0.05, 0.1) is 42.2 Å². The number of sulfonamides is 1. The van der Waals surface area contributed by atoms with E-state index in [-0.39, 0.29) is 41.0 Å². The molecule has 2 N–H and O–H groups in total. The normalized spacial score (nSPS) is 21.7. The van der Waals surface area contributed by atoms with Gasteiger partial charge in [0.15, 0.2) is 10.8 Å². The Labute approximate surface area is 212 Å². The van der Waals surface area contributed by atoms with Crippen molar-refractivity contribution in [2.24, 2.45) is 0 Å².